The van der Waals surface area contributed by atoms with E-state index in [2.05, 4.69) is 18.8 Å². The van der Waals surface area contributed by atoms with Gasteiger partial charge in [0.1, 0.15) is 18.2 Å². The number of hydrogen-bond acceptors (Lipinski definition) is 5. The monoisotopic (exact) mass is 588 g/mol. The Labute approximate surface area is 249 Å². The van der Waals surface area contributed by atoms with Crippen molar-refractivity contribution in [2.24, 2.45) is 0 Å². The van der Waals surface area contributed by atoms with Crippen LogP contribution in [0.15, 0.2) is 90.2 Å². The lowest BCUT2D eigenvalue weighted by Gasteiger charge is -2.09. The second-order valence-corrected chi connectivity index (χ2v) is 11.4. The van der Waals surface area contributed by atoms with Crippen LogP contribution in [0.1, 0.15) is 43.5 Å². The Kier molecular flexibility index (Phi) is 11.8. The molecular formula is C34H37FN2O4S. The van der Waals surface area contributed by atoms with Gasteiger partial charge in [0.2, 0.25) is 0 Å². The number of ether oxygens (including phenoxy) is 2. The molecule has 0 radical (unpaired) electrons. The third-order valence-corrected chi connectivity index (χ3v) is 7.94. The van der Waals surface area contributed by atoms with Crippen LogP contribution in [-0.2, 0) is 39.0 Å². The molecule has 0 N–H and O–H groups in total. The second-order valence-electron chi connectivity index (χ2n) is 9.91. The number of hydrogen-bond donors (Lipinski definition) is 0. The molecule has 0 saturated carbocycles. The molecule has 0 saturated heterocycles. The van der Waals surface area contributed by atoms with E-state index < -0.39 is 16.6 Å². The minimum atomic E-state index is -1.21. The van der Waals surface area contributed by atoms with Gasteiger partial charge in [0.15, 0.2) is 5.78 Å². The zero-order chi connectivity index (χ0) is 29.7. The number of benzene rings is 3. The van der Waals surface area contributed by atoms with Crippen molar-refractivity contribution in [1.29, 1.82) is 0 Å². The van der Waals surface area contributed by atoms with Crippen LogP contribution in [0.4, 0.5) is 4.39 Å². The lowest BCUT2D eigenvalue weighted by molar-refractivity contribution is -0.113. The number of imidazole rings is 1. The van der Waals surface area contributed by atoms with Crippen molar-refractivity contribution in [3.8, 4) is 16.9 Å². The van der Waals surface area contributed by atoms with Crippen molar-refractivity contribution < 1.29 is 22.9 Å². The minimum Gasteiger partial charge on any atom is -0.491 e. The van der Waals surface area contributed by atoms with Crippen LogP contribution in [-0.4, -0.2) is 39.4 Å². The number of allylic oxidation sites excluding steroid dienone is 1. The fourth-order valence-electron chi connectivity index (χ4n) is 4.39. The molecule has 0 fully saturated rings. The number of aryl methyl sites for hydroxylation is 1. The summed E-state index contributed by atoms with van der Waals surface area (Å²) in [7, 11) is -1.21. The van der Waals surface area contributed by atoms with Crippen molar-refractivity contribution >= 4 is 22.7 Å². The van der Waals surface area contributed by atoms with Crippen molar-refractivity contribution in [3.63, 3.8) is 0 Å². The molecule has 0 amide bonds. The van der Waals surface area contributed by atoms with Gasteiger partial charge >= 0.3 is 0 Å². The summed E-state index contributed by atoms with van der Waals surface area (Å²) in [6.45, 7) is 6.74. The van der Waals surface area contributed by atoms with Gasteiger partial charge in [-0.05, 0) is 78.1 Å². The maximum Gasteiger partial charge on any atom is 0.160 e. The Balaban J connectivity index is 1.32. The number of aromatic nitrogens is 2. The molecule has 6 nitrogen and oxygen atoms in total. The molecule has 0 bridgehead atoms. The highest BCUT2D eigenvalue weighted by Crippen LogP contribution is 2.25. The van der Waals surface area contributed by atoms with E-state index in [4.69, 9.17) is 9.47 Å². The summed E-state index contributed by atoms with van der Waals surface area (Å²) in [5.74, 6) is 0.576. The van der Waals surface area contributed by atoms with E-state index in [-0.39, 0.29) is 12.2 Å². The number of carbonyl (C=O) groups excluding carboxylic acids is 1. The van der Waals surface area contributed by atoms with Gasteiger partial charge < -0.3 is 14.0 Å². The van der Waals surface area contributed by atoms with E-state index in [0.29, 0.717) is 29.4 Å². The van der Waals surface area contributed by atoms with Gasteiger partial charge in [0, 0.05) is 36.2 Å². The number of nitrogens with zero attached hydrogens (tertiary/aromatic N) is 2. The van der Waals surface area contributed by atoms with Gasteiger partial charge in [0.05, 0.1) is 35.2 Å². The van der Waals surface area contributed by atoms with Crippen molar-refractivity contribution in [1.82, 2.24) is 9.55 Å². The van der Waals surface area contributed by atoms with Crippen LogP contribution in [0.5, 0.6) is 5.75 Å². The summed E-state index contributed by atoms with van der Waals surface area (Å²) in [4.78, 5) is 17.5. The summed E-state index contributed by atoms with van der Waals surface area (Å²) in [6, 6.07) is 19.7. The van der Waals surface area contributed by atoms with Crippen LogP contribution in [0, 0.1) is 5.82 Å². The molecule has 0 aliphatic rings. The highest BCUT2D eigenvalue weighted by Gasteiger charge is 2.10. The van der Waals surface area contributed by atoms with Crippen molar-refractivity contribution in [2.75, 3.05) is 19.8 Å². The molecule has 42 heavy (non-hydrogen) atoms. The van der Waals surface area contributed by atoms with Crippen molar-refractivity contribution in [3.05, 3.63) is 108 Å². The third kappa shape index (κ3) is 9.06. The van der Waals surface area contributed by atoms with E-state index in [0.717, 1.165) is 54.1 Å². The first kappa shape index (κ1) is 31.1. The molecule has 1 aromatic heterocycles. The van der Waals surface area contributed by atoms with Crippen LogP contribution in [0.3, 0.4) is 0 Å². The fourth-order valence-corrected chi connectivity index (χ4v) is 5.50. The molecule has 1 unspecified atom stereocenters. The summed E-state index contributed by atoms with van der Waals surface area (Å²) >= 11 is 0. The predicted octanol–water partition coefficient (Wildman–Crippen LogP) is 7.04. The van der Waals surface area contributed by atoms with E-state index in [9.17, 15) is 13.4 Å². The van der Waals surface area contributed by atoms with Gasteiger partial charge in [-0.15, -0.1) is 0 Å². The Morgan fingerprint density at radius 2 is 1.71 bits per heavy atom. The first-order valence-corrected chi connectivity index (χ1v) is 15.6. The first-order valence-electron chi connectivity index (χ1n) is 14.2. The van der Waals surface area contributed by atoms with Gasteiger partial charge in [-0.3, -0.25) is 9.00 Å². The number of rotatable bonds is 16. The van der Waals surface area contributed by atoms with Gasteiger partial charge in [-0.25, -0.2) is 9.37 Å². The highest BCUT2D eigenvalue weighted by atomic mass is 32.2. The number of ketones is 1. The maximum absolute atomic E-state index is 14.5. The summed E-state index contributed by atoms with van der Waals surface area (Å²) in [5.41, 5.74) is 3.82. The normalized spacial score (nSPS) is 12.1. The maximum atomic E-state index is 14.5. The summed E-state index contributed by atoms with van der Waals surface area (Å²) < 4.78 is 40.6. The predicted molar refractivity (Wildman–Crippen MR) is 165 cm³/mol. The molecule has 4 aromatic rings. The molecule has 3 aromatic carbocycles. The van der Waals surface area contributed by atoms with Gasteiger partial charge in [0.25, 0.3) is 0 Å². The van der Waals surface area contributed by atoms with Crippen molar-refractivity contribution in [2.45, 2.75) is 50.3 Å². The van der Waals surface area contributed by atoms with Crippen LogP contribution in [0.25, 0.3) is 17.2 Å². The average Bonchev–Trinajstić information content (AvgIpc) is 3.44. The lowest BCUT2D eigenvalue weighted by atomic mass is 10.0. The zero-order valence-electron chi connectivity index (χ0n) is 24.1. The van der Waals surface area contributed by atoms with Gasteiger partial charge in [-0.1, -0.05) is 44.2 Å². The average molecular weight is 589 g/mol. The third-order valence-electron chi connectivity index (χ3n) is 6.58. The lowest BCUT2D eigenvalue weighted by Crippen LogP contribution is -2.06. The number of halogens is 1. The van der Waals surface area contributed by atoms with Crippen LogP contribution < -0.4 is 4.74 Å². The van der Waals surface area contributed by atoms with E-state index in [1.54, 1.807) is 36.8 Å². The molecule has 4 rings (SSSR count). The Hall–Kier alpha value is -3.88. The highest BCUT2D eigenvalue weighted by molar-refractivity contribution is 7.84. The molecule has 1 atom stereocenters. The molecule has 0 aliphatic carbocycles. The van der Waals surface area contributed by atoms with Gasteiger partial charge in [-0.2, -0.15) is 0 Å². The smallest absolute Gasteiger partial charge is 0.160 e. The first-order chi connectivity index (χ1) is 20.5. The molecule has 0 spiro atoms. The Morgan fingerprint density at radius 3 is 2.45 bits per heavy atom. The van der Waals surface area contributed by atoms with E-state index in [1.165, 1.54) is 18.2 Å². The quantitative estimate of drug-likeness (QED) is 0.104. The number of carbonyl (C=O) groups is 1. The minimum absolute atomic E-state index is 0.151. The largest absolute Gasteiger partial charge is 0.491 e. The molecular weight excluding hydrogens is 551 g/mol. The molecule has 0 aliphatic heterocycles. The summed E-state index contributed by atoms with van der Waals surface area (Å²) in [5, 5.41) is 0. The van der Waals surface area contributed by atoms with E-state index in [1.807, 2.05) is 41.0 Å². The zero-order valence-corrected chi connectivity index (χ0v) is 24.9. The van der Waals surface area contributed by atoms with Crippen LogP contribution in [0.2, 0.25) is 0 Å². The Bertz CT molecular complexity index is 1500. The molecule has 220 valence electrons. The van der Waals surface area contributed by atoms with E-state index >= 15 is 0 Å². The SMILES string of the molecule is CCCOCCOc1ccc(-c2ccc(F)c(/C=C/C(=O)Cc3ccc(S(=O)Cc4cncn4CCC)cc3)c2)cc1. The Morgan fingerprint density at radius 1 is 0.952 bits per heavy atom. The standard InChI is InChI=1S/C34H37FN2O4S/c1-3-17-37-25-36-23-30(37)24-42(39)33-14-5-26(6-15-33)21-31(38)11-7-29-22-28(10-16-34(29)35)27-8-12-32(13-9-27)41-20-19-40-18-4-2/h5-16,22-23,25H,3-4,17-21,24H2,1-2H3/b11-7+. The second kappa shape index (κ2) is 15.9. The fraction of sp³-hybridized carbons (Fsp3) is 0.294. The summed E-state index contributed by atoms with van der Waals surface area (Å²) in [6.07, 6.45) is 8.55. The molecule has 8 heteroatoms. The van der Waals surface area contributed by atoms with Crippen LogP contribution >= 0.6 is 0 Å². The topological polar surface area (TPSA) is 70.4 Å². The molecule has 1 heterocycles.